The Hall–Kier alpha value is -3.82. The van der Waals surface area contributed by atoms with Crippen molar-refractivity contribution >= 4 is 32.5 Å². The predicted molar refractivity (Wildman–Crippen MR) is 131 cm³/mol. The van der Waals surface area contributed by atoms with Crippen LogP contribution in [0.3, 0.4) is 0 Å². The highest BCUT2D eigenvalue weighted by Crippen LogP contribution is 2.31. The second-order valence-electron chi connectivity index (χ2n) is 8.29. The van der Waals surface area contributed by atoms with E-state index in [4.69, 9.17) is 4.74 Å². The van der Waals surface area contributed by atoms with Gasteiger partial charge in [-0.3, -0.25) is 4.79 Å². The van der Waals surface area contributed by atoms with Gasteiger partial charge in [-0.2, -0.15) is 0 Å². The lowest BCUT2D eigenvalue weighted by Crippen LogP contribution is -2.26. The Balaban J connectivity index is 1.54. The van der Waals surface area contributed by atoms with Gasteiger partial charge in [0.05, 0.1) is 34.5 Å². The van der Waals surface area contributed by atoms with Gasteiger partial charge in [-0.1, -0.05) is 18.2 Å². The molecule has 0 aliphatic heterocycles. The van der Waals surface area contributed by atoms with Crippen molar-refractivity contribution in [1.29, 1.82) is 0 Å². The molecular formula is C26H22FN3O4S. The normalized spacial score (nSPS) is 13.5. The van der Waals surface area contributed by atoms with Crippen LogP contribution in [-0.2, 0) is 10.0 Å². The molecule has 0 bridgehead atoms. The van der Waals surface area contributed by atoms with Gasteiger partial charge in [0, 0.05) is 17.0 Å². The number of anilines is 1. The highest BCUT2D eigenvalue weighted by atomic mass is 32.2. The first-order valence-corrected chi connectivity index (χ1v) is 12.5. The molecule has 1 amide bonds. The number of carbonyl (C=O) groups excluding carboxylic acids is 1. The summed E-state index contributed by atoms with van der Waals surface area (Å²) in [6.07, 6.45) is 1.62. The van der Waals surface area contributed by atoms with Crippen molar-refractivity contribution in [3.63, 3.8) is 0 Å². The summed E-state index contributed by atoms with van der Waals surface area (Å²) in [5.41, 5.74) is 2.31. The highest BCUT2D eigenvalue weighted by Gasteiger charge is 2.28. The van der Waals surface area contributed by atoms with E-state index in [-0.39, 0.29) is 22.4 Å². The van der Waals surface area contributed by atoms with Crippen LogP contribution >= 0.6 is 0 Å². The van der Waals surface area contributed by atoms with E-state index in [0.717, 1.165) is 12.8 Å². The zero-order chi connectivity index (χ0) is 24.6. The molecule has 0 radical (unpaired) electrons. The van der Waals surface area contributed by atoms with Gasteiger partial charge in [-0.05, 0) is 67.4 Å². The fourth-order valence-electron chi connectivity index (χ4n) is 3.76. The zero-order valence-electron chi connectivity index (χ0n) is 18.8. The van der Waals surface area contributed by atoms with E-state index in [1.165, 1.54) is 37.4 Å². The molecule has 3 aromatic carbocycles. The van der Waals surface area contributed by atoms with Crippen molar-refractivity contribution in [3.05, 3.63) is 84.2 Å². The molecule has 0 unspecified atom stereocenters. The van der Waals surface area contributed by atoms with Gasteiger partial charge in [-0.15, -0.1) is 0 Å². The maximum Gasteiger partial charge on any atom is 0.256 e. The van der Waals surface area contributed by atoms with Crippen molar-refractivity contribution in [2.45, 2.75) is 23.8 Å². The summed E-state index contributed by atoms with van der Waals surface area (Å²) in [5.74, 6) is -0.513. The van der Waals surface area contributed by atoms with Gasteiger partial charge >= 0.3 is 0 Å². The number of nitrogens with zero attached hydrogens (tertiary/aromatic N) is 1. The van der Waals surface area contributed by atoms with E-state index in [2.05, 4.69) is 15.0 Å². The first kappa shape index (κ1) is 22.9. The molecule has 35 heavy (non-hydrogen) atoms. The quantitative estimate of drug-likeness (QED) is 0.389. The third kappa shape index (κ3) is 4.87. The van der Waals surface area contributed by atoms with Crippen LogP contribution in [0.2, 0.25) is 0 Å². The molecule has 1 aliphatic carbocycles. The maximum atomic E-state index is 13.5. The van der Waals surface area contributed by atoms with E-state index in [1.807, 2.05) is 6.07 Å². The van der Waals surface area contributed by atoms with Crippen LogP contribution in [0.25, 0.3) is 22.2 Å². The minimum atomic E-state index is -3.72. The molecule has 1 aromatic heterocycles. The van der Waals surface area contributed by atoms with Crippen LogP contribution in [0.4, 0.5) is 10.1 Å². The van der Waals surface area contributed by atoms with Gasteiger partial charge in [0.2, 0.25) is 10.0 Å². The van der Waals surface area contributed by atoms with E-state index >= 15 is 0 Å². The molecule has 0 saturated heterocycles. The third-order valence-corrected chi connectivity index (χ3v) is 7.25. The second-order valence-corrected chi connectivity index (χ2v) is 10.0. The number of hydrogen-bond donors (Lipinski definition) is 2. The molecule has 2 N–H and O–H groups in total. The van der Waals surface area contributed by atoms with Crippen LogP contribution in [0.1, 0.15) is 23.2 Å². The Morgan fingerprint density at radius 3 is 2.49 bits per heavy atom. The van der Waals surface area contributed by atoms with E-state index in [1.54, 1.807) is 36.4 Å². The minimum absolute atomic E-state index is 0.0343. The molecule has 4 aromatic rings. The lowest BCUT2D eigenvalue weighted by atomic mass is 10.0. The molecule has 178 valence electrons. The Morgan fingerprint density at radius 1 is 1.03 bits per heavy atom. The Labute approximate surface area is 202 Å². The predicted octanol–water partition coefficient (Wildman–Crippen LogP) is 4.74. The van der Waals surface area contributed by atoms with Crippen LogP contribution in [0.15, 0.2) is 77.7 Å². The molecule has 1 fully saturated rings. The highest BCUT2D eigenvalue weighted by molar-refractivity contribution is 7.89. The summed E-state index contributed by atoms with van der Waals surface area (Å²) in [6.45, 7) is 0. The number of hydrogen-bond acceptors (Lipinski definition) is 5. The number of amides is 1. The van der Waals surface area contributed by atoms with Gasteiger partial charge < -0.3 is 10.1 Å². The van der Waals surface area contributed by atoms with Crippen LogP contribution < -0.4 is 14.8 Å². The van der Waals surface area contributed by atoms with Crippen LogP contribution in [0, 0.1) is 5.82 Å². The van der Waals surface area contributed by atoms with Crippen molar-refractivity contribution in [3.8, 4) is 17.0 Å². The largest absolute Gasteiger partial charge is 0.495 e. The van der Waals surface area contributed by atoms with Gasteiger partial charge in [0.15, 0.2) is 0 Å². The number of para-hydroxylation sites is 1. The average Bonchev–Trinajstić information content (AvgIpc) is 3.67. The monoisotopic (exact) mass is 491 g/mol. The summed E-state index contributed by atoms with van der Waals surface area (Å²) in [7, 11) is -2.28. The number of carbonyl (C=O) groups is 1. The lowest BCUT2D eigenvalue weighted by molar-refractivity contribution is 0.102. The summed E-state index contributed by atoms with van der Waals surface area (Å²) < 4.78 is 46.8. The van der Waals surface area contributed by atoms with E-state index in [0.29, 0.717) is 33.5 Å². The molecule has 7 nitrogen and oxygen atoms in total. The number of sulfonamides is 1. The molecule has 5 rings (SSSR count). The maximum absolute atomic E-state index is 13.5. The van der Waals surface area contributed by atoms with Crippen molar-refractivity contribution in [2.75, 3.05) is 12.4 Å². The summed E-state index contributed by atoms with van der Waals surface area (Å²) in [4.78, 5) is 18.1. The zero-order valence-corrected chi connectivity index (χ0v) is 19.6. The third-order valence-electron chi connectivity index (χ3n) is 5.73. The van der Waals surface area contributed by atoms with Gasteiger partial charge in [0.1, 0.15) is 11.6 Å². The van der Waals surface area contributed by atoms with Crippen molar-refractivity contribution < 1.29 is 22.3 Å². The Bertz CT molecular complexity index is 1530. The summed E-state index contributed by atoms with van der Waals surface area (Å²) in [5, 5.41) is 3.41. The number of pyridine rings is 1. The van der Waals surface area contributed by atoms with Crippen LogP contribution in [-0.4, -0.2) is 32.5 Å². The van der Waals surface area contributed by atoms with E-state index in [9.17, 15) is 17.6 Å². The summed E-state index contributed by atoms with van der Waals surface area (Å²) in [6, 6.07) is 18.9. The fourth-order valence-corrected chi connectivity index (χ4v) is 5.09. The molecule has 1 saturated carbocycles. The van der Waals surface area contributed by atoms with Gasteiger partial charge in [-0.25, -0.2) is 22.5 Å². The van der Waals surface area contributed by atoms with Gasteiger partial charge in [0.25, 0.3) is 5.91 Å². The van der Waals surface area contributed by atoms with E-state index < -0.39 is 15.9 Å². The van der Waals surface area contributed by atoms with Crippen molar-refractivity contribution in [2.24, 2.45) is 0 Å². The number of halogens is 1. The smallest absolute Gasteiger partial charge is 0.256 e. The Kier molecular flexibility index (Phi) is 5.96. The second kappa shape index (κ2) is 9.09. The molecule has 9 heteroatoms. The SMILES string of the molecule is COc1ccc(S(=O)(=O)NC2CC2)cc1NC(=O)c1cc(-c2ccc(F)cc2)nc2ccccc12. The number of rotatable bonds is 7. The number of aromatic nitrogens is 1. The van der Waals surface area contributed by atoms with Crippen LogP contribution in [0.5, 0.6) is 5.75 Å². The standard InChI is InChI=1S/C26H22FN3O4S/c1-34-25-13-12-19(35(32,33)30-18-10-11-18)14-24(25)29-26(31)21-15-23(16-6-8-17(27)9-7-16)28-22-5-3-2-4-20(21)22/h2-9,12-15,18,30H,10-11H2,1H3,(H,29,31). The fraction of sp³-hybridized carbons (Fsp3) is 0.154. The van der Waals surface area contributed by atoms with Crippen molar-refractivity contribution in [1.82, 2.24) is 9.71 Å². The lowest BCUT2D eigenvalue weighted by Gasteiger charge is -2.14. The first-order chi connectivity index (χ1) is 16.8. The molecule has 0 atom stereocenters. The molecule has 1 aliphatic rings. The molecule has 1 heterocycles. The minimum Gasteiger partial charge on any atom is -0.495 e. The number of methoxy groups -OCH3 is 1. The topological polar surface area (TPSA) is 97.4 Å². The number of fused-ring (bicyclic) bond motifs is 1. The molecular weight excluding hydrogens is 469 g/mol. The average molecular weight is 492 g/mol. The number of nitrogens with one attached hydrogen (secondary N) is 2. The first-order valence-electron chi connectivity index (χ1n) is 11.0. The molecule has 0 spiro atoms. The number of ether oxygens (including phenoxy) is 1. The number of benzene rings is 3. The summed E-state index contributed by atoms with van der Waals surface area (Å²) >= 11 is 0. The Morgan fingerprint density at radius 2 is 1.77 bits per heavy atom.